The van der Waals surface area contributed by atoms with Gasteiger partial charge in [-0.25, -0.2) is 0 Å². The number of carbonyl (C=O) groups excluding carboxylic acids is 4. The zero-order valence-corrected chi connectivity index (χ0v) is 23.0. The van der Waals surface area contributed by atoms with Crippen LogP contribution in [0.4, 0.5) is 0 Å². The Morgan fingerprint density at radius 3 is 1.22 bits per heavy atom. The molecule has 11 heteroatoms. The van der Waals surface area contributed by atoms with Crippen LogP contribution in [0, 0.1) is 11.8 Å². The van der Waals surface area contributed by atoms with Gasteiger partial charge in [0.1, 0.15) is 11.5 Å². The Hall–Kier alpha value is -4.54. The maximum atomic E-state index is 12.5. The predicted molar refractivity (Wildman–Crippen MR) is 144 cm³/mol. The molecule has 2 N–H and O–H groups in total. The third-order valence-corrected chi connectivity index (χ3v) is 6.12. The van der Waals surface area contributed by atoms with Crippen molar-refractivity contribution in [2.45, 2.75) is 65.2 Å². The van der Waals surface area contributed by atoms with E-state index in [-0.39, 0.29) is 25.7 Å². The van der Waals surface area contributed by atoms with Crippen LogP contribution in [0.15, 0.2) is 48.5 Å². The summed E-state index contributed by atoms with van der Waals surface area (Å²) in [6, 6.07) is 13.4. The van der Waals surface area contributed by atoms with Crippen molar-refractivity contribution in [3.8, 4) is 11.5 Å². The molecular formula is C30H34O11. The highest BCUT2D eigenvalue weighted by atomic mass is 16.6. The Morgan fingerprint density at radius 2 is 0.927 bits per heavy atom. The lowest BCUT2D eigenvalue weighted by molar-refractivity contribution is -0.161. The molecule has 0 aromatic heterocycles. The highest BCUT2D eigenvalue weighted by Gasteiger charge is 2.23. The fourth-order valence-corrected chi connectivity index (χ4v) is 4.25. The standard InChI is InChI=1S/C30H34O11/c1-19(31)39-25-11-7-21(8-12-25)3-5-23(15-27(33)34)17-29(37)41-30(38)18-24(16-28(35)36)6-4-22-9-13-26(14-10-22)40-20(2)32/h7-14,23-24H,3-6,15-18H2,1-2H3,(H,33,34)(H,35,36). The summed E-state index contributed by atoms with van der Waals surface area (Å²) >= 11 is 0. The summed E-state index contributed by atoms with van der Waals surface area (Å²) in [7, 11) is 0. The summed E-state index contributed by atoms with van der Waals surface area (Å²) < 4.78 is 14.9. The van der Waals surface area contributed by atoms with Gasteiger partial charge in [0.05, 0.1) is 0 Å². The lowest BCUT2D eigenvalue weighted by Crippen LogP contribution is -2.21. The van der Waals surface area contributed by atoms with E-state index in [2.05, 4.69) is 0 Å². The Kier molecular flexibility index (Phi) is 13.2. The van der Waals surface area contributed by atoms with Crippen molar-refractivity contribution in [1.82, 2.24) is 0 Å². The first-order valence-corrected chi connectivity index (χ1v) is 13.1. The van der Waals surface area contributed by atoms with Crippen LogP contribution in [-0.4, -0.2) is 46.0 Å². The third kappa shape index (κ3) is 13.9. The van der Waals surface area contributed by atoms with E-state index in [0.29, 0.717) is 37.2 Å². The van der Waals surface area contributed by atoms with Gasteiger partial charge in [-0.2, -0.15) is 0 Å². The van der Waals surface area contributed by atoms with Crippen molar-refractivity contribution in [2.75, 3.05) is 0 Å². The molecule has 0 bridgehead atoms. The van der Waals surface area contributed by atoms with Gasteiger partial charge in [-0.05, 0) is 72.9 Å². The zero-order chi connectivity index (χ0) is 30.4. The maximum absolute atomic E-state index is 12.5. The van der Waals surface area contributed by atoms with Crippen LogP contribution in [0.25, 0.3) is 0 Å². The van der Waals surface area contributed by atoms with Gasteiger partial charge in [0.25, 0.3) is 0 Å². The summed E-state index contributed by atoms with van der Waals surface area (Å²) in [5.41, 5.74) is 1.69. The molecule has 0 fully saturated rings. The number of hydrogen-bond acceptors (Lipinski definition) is 9. The molecule has 2 unspecified atom stereocenters. The molecule has 220 valence electrons. The average molecular weight is 571 g/mol. The molecule has 2 rings (SSSR count). The van der Waals surface area contributed by atoms with E-state index >= 15 is 0 Å². The van der Waals surface area contributed by atoms with Crippen LogP contribution < -0.4 is 9.47 Å². The third-order valence-electron chi connectivity index (χ3n) is 6.12. The van der Waals surface area contributed by atoms with E-state index in [1.54, 1.807) is 48.5 Å². The molecule has 0 radical (unpaired) electrons. The number of aliphatic carboxylic acids is 2. The monoisotopic (exact) mass is 570 g/mol. The van der Waals surface area contributed by atoms with Crippen molar-refractivity contribution >= 4 is 35.8 Å². The number of rotatable bonds is 16. The molecule has 0 saturated carbocycles. The largest absolute Gasteiger partial charge is 0.481 e. The Labute approximate surface area is 237 Å². The van der Waals surface area contributed by atoms with Crippen molar-refractivity contribution in [1.29, 1.82) is 0 Å². The van der Waals surface area contributed by atoms with E-state index in [9.17, 15) is 39.0 Å². The van der Waals surface area contributed by atoms with Gasteiger partial charge < -0.3 is 24.4 Å². The molecule has 0 saturated heterocycles. The summed E-state index contributed by atoms with van der Waals surface area (Å²) in [5, 5.41) is 18.5. The summed E-state index contributed by atoms with van der Waals surface area (Å²) in [4.78, 5) is 69.7. The minimum atomic E-state index is -1.10. The number of ether oxygens (including phenoxy) is 3. The van der Waals surface area contributed by atoms with E-state index < -0.39 is 47.7 Å². The van der Waals surface area contributed by atoms with E-state index in [0.717, 1.165) is 11.1 Å². The summed E-state index contributed by atoms with van der Waals surface area (Å²) in [5.74, 6) is -5.27. The van der Waals surface area contributed by atoms with Gasteiger partial charge in [-0.1, -0.05) is 24.3 Å². The molecule has 0 aliphatic heterocycles. The first-order valence-electron chi connectivity index (χ1n) is 13.1. The highest BCUT2D eigenvalue weighted by Crippen LogP contribution is 2.22. The maximum Gasteiger partial charge on any atom is 0.313 e. The van der Waals surface area contributed by atoms with Gasteiger partial charge >= 0.3 is 35.8 Å². The second kappa shape index (κ2) is 16.5. The SMILES string of the molecule is CC(=O)Oc1ccc(CCC(CC(=O)O)CC(=O)OC(=O)CC(CCc2ccc(OC(C)=O)cc2)CC(=O)O)cc1. The number of esters is 4. The van der Waals surface area contributed by atoms with E-state index in [1.165, 1.54) is 13.8 Å². The van der Waals surface area contributed by atoms with E-state index in [4.69, 9.17) is 14.2 Å². The lowest BCUT2D eigenvalue weighted by atomic mass is 9.93. The fourth-order valence-electron chi connectivity index (χ4n) is 4.25. The molecule has 0 aliphatic rings. The molecule has 0 heterocycles. The van der Waals surface area contributed by atoms with Gasteiger partial charge in [0.15, 0.2) is 0 Å². The smallest absolute Gasteiger partial charge is 0.313 e. The van der Waals surface area contributed by atoms with Crippen molar-refractivity contribution < 1.29 is 53.2 Å². The number of carbonyl (C=O) groups is 6. The molecule has 0 aliphatic carbocycles. The van der Waals surface area contributed by atoms with Crippen LogP contribution in [-0.2, 0) is 46.3 Å². The molecule has 2 aromatic carbocycles. The van der Waals surface area contributed by atoms with Gasteiger partial charge in [0, 0.05) is 39.5 Å². The molecule has 0 spiro atoms. The number of hydrogen-bond donors (Lipinski definition) is 2. The lowest BCUT2D eigenvalue weighted by Gasteiger charge is -2.16. The normalized spacial score (nSPS) is 12.0. The Balaban J connectivity index is 1.89. The van der Waals surface area contributed by atoms with Crippen LogP contribution in [0.5, 0.6) is 11.5 Å². The first kappa shape index (κ1) is 32.7. The molecule has 2 aromatic rings. The van der Waals surface area contributed by atoms with Gasteiger partial charge in [-0.15, -0.1) is 0 Å². The van der Waals surface area contributed by atoms with Crippen LogP contribution in [0.1, 0.15) is 63.5 Å². The van der Waals surface area contributed by atoms with Gasteiger partial charge in [-0.3, -0.25) is 28.8 Å². The van der Waals surface area contributed by atoms with Gasteiger partial charge in [0.2, 0.25) is 0 Å². The topological polar surface area (TPSA) is 171 Å². The van der Waals surface area contributed by atoms with E-state index in [1.807, 2.05) is 0 Å². The molecule has 11 nitrogen and oxygen atoms in total. The van der Waals surface area contributed by atoms with Crippen molar-refractivity contribution in [3.63, 3.8) is 0 Å². The molecule has 2 atom stereocenters. The summed E-state index contributed by atoms with van der Waals surface area (Å²) in [6.45, 7) is 2.57. The number of aryl methyl sites for hydroxylation is 2. The zero-order valence-electron chi connectivity index (χ0n) is 23.0. The molecule has 0 amide bonds. The molecule has 41 heavy (non-hydrogen) atoms. The first-order chi connectivity index (χ1) is 19.4. The number of carboxylic acids is 2. The minimum absolute atomic E-state index is 0.290. The van der Waals surface area contributed by atoms with Crippen molar-refractivity contribution in [3.05, 3.63) is 59.7 Å². The Bertz CT molecular complexity index is 1120. The summed E-state index contributed by atoms with van der Waals surface area (Å²) in [6.07, 6.45) is 0.383. The van der Waals surface area contributed by atoms with Crippen LogP contribution >= 0.6 is 0 Å². The quantitative estimate of drug-likeness (QED) is 0.169. The fraction of sp³-hybridized carbons (Fsp3) is 0.400. The average Bonchev–Trinajstić information content (AvgIpc) is 2.86. The van der Waals surface area contributed by atoms with Crippen LogP contribution in [0.2, 0.25) is 0 Å². The second-order valence-electron chi connectivity index (χ2n) is 9.73. The Morgan fingerprint density at radius 1 is 0.585 bits per heavy atom. The number of benzene rings is 2. The number of carboxylic acid groups (broad SMARTS) is 2. The van der Waals surface area contributed by atoms with Crippen LogP contribution in [0.3, 0.4) is 0 Å². The highest BCUT2D eigenvalue weighted by molar-refractivity contribution is 5.86. The van der Waals surface area contributed by atoms with Crippen molar-refractivity contribution in [2.24, 2.45) is 11.8 Å². The second-order valence-corrected chi connectivity index (χ2v) is 9.73. The molecular weight excluding hydrogens is 536 g/mol. The minimum Gasteiger partial charge on any atom is -0.481 e. The predicted octanol–water partition coefficient (Wildman–Crippen LogP) is 4.13.